The maximum Gasteiger partial charge on any atom is 0.220 e. The van der Waals surface area contributed by atoms with E-state index >= 15 is 0 Å². The highest BCUT2D eigenvalue weighted by Crippen LogP contribution is 2.14. The molecule has 0 spiro atoms. The van der Waals surface area contributed by atoms with Gasteiger partial charge in [-0.2, -0.15) is 0 Å². The van der Waals surface area contributed by atoms with E-state index in [0.29, 0.717) is 12.0 Å². The third kappa shape index (κ3) is 1.44. The van der Waals surface area contributed by atoms with Gasteiger partial charge in [-0.1, -0.05) is 6.92 Å². The molecule has 1 rings (SSSR count). The van der Waals surface area contributed by atoms with E-state index in [4.69, 9.17) is 4.74 Å². The van der Waals surface area contributed by atoms with Gasteiger partial charge in [0.05, 0.1) is 7.11 Å². The first-order valence-electron chi connectivity index (χ1n) is 3.74. The van der Waals surface area contributed by atoms with Gasteiger partial charge in [0.1, 0.15) is 0 Å². The van der Waals surface area contributed by atoms with Crippen molar-refractivity contribution in [2.24, 2.45) is 0 Å². The molecule has 1 aliphatic carbocycles. The second kappa shape index (κ2) is 3.34. The number of allylic oxidation sites excluding steroid dienone is 3. The van der Waals surface area contributed by atoms with Gasteiger partial charge in [0.15, 0.2) is 11.5 Å². The normalized spacial score (nSPS) is 17.2. The first-order valence-corrected chi connectivity index (χ1v) is 3.74. The lowest BCUT2D eigenvalue weighted by molar-refractivity contribution is -0.117. The van der Waals surface area contributed by atoms with Crippen LogP contribution in [0.15, 0.2) is 23.5 Å². The molecule has 0 bridgehead atoms. The minimum Gasteiger partial charge on any atom is -0.493 e. The number of ether oxygens (including phenoxy) is 1. The predicted molar refractivity (Wildman–Crippen MR) is 43.5 cm³/mol. The van der Waals surface area contributed by atoms with E-state index in [1.807, 2.05) is 6.92 Å². The zero-order valence-electron chi connectivity index (χ0n) is 7.09. The number of methoxy groups -OCH3 is 1. The number of hydrogen-bond donors (Lipinski definition) is 0. The van der Waals surface area contributed by atoms with Crippen LogP contribution in [-0.2, 0) is 14.3 Å². The molecule has 0 aromatic heterocycles. The van der Waals surface area contributed by atoms with Crippen LogP contribution >= 0.6 is 0 Å². The van der Waals surface area contributed by atoms with Crippen molar-refractivity contribution in [2.75, 3.05) is 7.11 Å². The number of carbonyl (C=O) groups excluding carboxylic acids is 2. The summed E-state index contributed by atoms with van der Waals surface area (Å²) < 4.78 is 4.71. The smallest absolute Gasteiger partial charge is 0.220 e. The summed E-state index contributed by atoms with van der Waals surface area (Å²) in [5.74, 6) is -0.236. The molecule has 0 saturated heterocycles. The highest BCUT2D eigenvalue weighted by molar-refractivity contribution is 6.18. The van der Waals surface area contributed by atoms with Crippen molar-refractivity contribution in [3.63, 3.8) is 0 Å². The molecule has 64 valence electrons. The van der Waals surface area contributed by atoms with Gasteiger partial charge in [0, 0.05) is 11.6 Å². The van der Waals surface area contributed by atoms with Crippen LogP contribution in [0.4, 0.5) is 0 Å². The average molecular weight is 166 g/mol. The lowest BCUT2D eigenvalue weighted by atomic mass is 10.0. The summed E-state index contributed by atoms with van der Waals surface area (Å²) in [5.41, 5.74) is 0.542. The van der Waals surface area contributed by atoms with Crippen molar-refractivity contribution in [3.05, 3.63) is 23.5 Å². The van der Waals surface area contributed by atoms with E-state index in [9.17, 15) is 9.59 Å². The zero-order chi connectivity index (χ0) is 9.14. The molecule has 0 unspecified atom stereocenters. The summed E-state index contributed by atoms with van der Waals surface area (Å²) in [4.78, 5) is 22.3. The Morgan fingerprint density at radius 3 is 2.42 bits per heavy atom. The topological polar surface area (TPSA) is 43.4 Å². The maximum absolute atomic E-state index is 11.2. The third-order valence-electron chi connectivity index (χ3n) is 1.73. The highest BCUT2D eigenvalue weighted by atomic mass is 16.5. The molecule has 0 aromatic rings. The zero-order valence-corrected chi connectivity index (χ0v) is 7.09. The Labute approximate surface area is 70.7 Å². The SMILES string of the molecule is CCC1=CC(=O)C(OC)=CC1=O. The molecule has 0 saturated carbocycles. The number of hydrogen-bond acceptors (Lipinski definition) is 3. The van der Waals surface area contributed by atoms with E-state index in [-0.39, 0.29) is 17.3 Å². The van der Waals surface area contributed by atoms with Crippen LogP contribution in [0, 0.1) is 0 Å². The Hall–Kier alpha value is -1.38. The van der Waals surface area contributed by atoms with Crippen molar-refractivity contribution in [1.82, 2.24) is 0 Å². The lowest BCUT2D eigenvalue weighted by Gasteiger charge is -2.08. The minimum atomic E-state index is -0.228. The van der Waals surface area contributed by atoms with Crippen LogP contribution in [-0.4, -0.2) is 18.7 Å². The molecule has 0 amide bonds. The summed E-state index contributed by atoms with van der Waals surface area (Å²) in [6.07, 6.45) is 3.15. The molecule has 0 radical (unpaired) electrons. The fraction of sp³-hybridized carbons (Fsp3) is 0.333. The molecule has 0 fully saturated rings. The minimum absolute atomic E-state index is 0.122. The monoisotopic (exact) mass is 166 g/mol. The van der Waals surface area contributed by atoms with Crippen LogP contribution in [0.25, 0.3) is 0 Å². The van der Waals surface area contributed by atoms with Gasteiger partial charge in [-0.15, -0.1) is 0 Å². The summed E-state index contributed by atoms with van der Waals surface area (Å²) in [6.45, 7) is 1.84. The molecular formula is C9H10O3. The van der Waals surface area contributed by atoms with Crippen molar-refractivity contribution in [3.8, 4) is 0 Å². The Morgan fingerprint density at radius 1 is 1.25 bits per heavy atom. The second-order valence-corrected chi connectivity index (χ2v) is 2.46. The summed E-state index contributed by atoms with van der Waals surface area (Å²) in [7, 11) is 1.38. The van der Waals surface area contributed by atoms with E-state index in [1.54, 1.807) is 0 Å². The summed E-state index contributed by atoms with van der Waals surface area (Å²) in [5, 5.41) is 0. The quantitative estimate of drug-likeness (QED) is 0.575. The standard InChI is InChI=1S/C9H10O3/c1-3-6-4-8(11)9(12-2)5-7(6)10/h4-5H,3H2,1-2H3. The highest BCUT2D eigenvalue weighted by Gasteiger charge is 2.18. The maximum atomic E-state index is 11.2. The van der Waals surface area contributed by atoms with E-state index in [0.717, 1.165) is 0 Å². The molecule has 0 N–H and O–H groups in total. The summed E-state index contributed by atoms with van der Waals surface area (Å²) in [6, 6.07) is 0. The molecule has 0 heterocycles. The van der Waals surface area contributed by atoms with Gasteiger partial charge in [-0.3, -0.25) is 9.59 Å². The van der Waals surface area contributed by atoms with Crippen molar-refractivity contribution in [2.45, 2.75) is 13.3 Å². The predicted octanol–water partition coefficient (Wildman–Crippen LogP) is 1.00. The fourth-order valence-corrected chi connectivity index (χ4v) is 1.02. The van der Waals surface area contributed by atoms with Crippen LogP contribution in [0.1, 0.15) is 13.3 Å². The third-order valence-corrected chi connectivity index (χ3v) is 1.73. The molecule has 3 heteroatoms. The second-order valence-electron chi connectivity index (χ2n) is 2.46. The van der Waals surface area contributed by atoms with Crippen molar-refractivity contribution >= 4 is 11.6 Å². The first-order chi connectivity index (χ1) is 5.69. The van der Waals surface area contributed by atoms with E-state index < -0.39 is 0 Å². The van der Waals surface area contributed by atoms with Crippen LogP contribution < -0.4 is 0 Å². The largest absolute Gasteiger partial charge is 0.493 e. The van der Waals surface area contributed by atoms with Gasteiger partial charge in [0.25, 0.3) is 0 Å². The van der Waals surface area contributed by atoms with Gasteiger partial charge < -0.3 is 4.74 Å². The molecule has 0 aromatic carbocycles. The molecule has 0 aliphatic heterocycles. The molecule has 3 nitrogen and oxygen atoms in total. The molecular weight excluding hydrogens is 156 g/mol. The van der Waals surface area contributed by atoms with Crippen molar-refractivity contribution < 1.29 is 14.3 Å². The van der Waals surface area contributed by atoms with Crippen molar-refractivity contribution in [1.29, 1.82) is 0 Å². The molecule has 12 heavy (non-hydrogen) atoms. The summed E-state index contributed by atoms with van der Waals surface area (Å²) >= 11 is 0. The van der Waals surface area contributed by atoms with Crippen LogP contribution in [0.3, 0.4) is 0 Å². The Kier molecular flexibility index (Phi) is 2.43. The molecule has 1 aliphatic rings. The van der Waals surface area contributed by atoms with Gasteiger partial charge in [-0.25, -0.2) is 0 Å². The average Bonchev–Trinajstić information content (AvgIpc) is 2.08. The number of rotatable bonds is 2. The van der Waals surface area contributed by atoms with Gasteiger partial charge in [-0.05, 0) is 12.5 Å². The first kappa shape index (κ1) is 8.71. The number of carbonyl (C=O) groups is 2. The fourth-order valence-electron chi connectivity index (χ4n) is 1.02. The van der Waals surface area contributed by atoms with E-state index in [2.05, 4.69) is 0 Å². The number of ketones is 2. The molecule has 0 atom stereocenters. The Balaban J connectivity index is 2.94. The van der Waals surface area contributed by atoms with Gasteiger partial charge in [0.2, 0.25) is 5.78 Å². The Bertz CT molecular complexity index is 254. The van der Waals surface area contributed by atoms with E-state index in [1.165, 1.54) is 19.3 Å². The van der Waals surface area contributed by atoms with Gasteiger partial charge >= 0.3 is 0 Å². The van der Waals surface area contributed by atoms with Crippen LogP contribution in [0.5, 0.6) is 0 Å². The lowest BCUT2D eigenvalue weighted by Crippen LogP contribution is -2.13. The Morgan fingerprint density at radius 2 is 1.92 bits per heavy atom. The van der Waals surface area contributed by atoms with Crippen LogP contribution in [0.2, 0.25) is 0 Å².